The Morgan fingerprint density at radius 3 is 2.17 bits per heavy atom. The van der Waals surface area contributed by atoms with E-state index in [2.05, 4.69) is 54.2 Å². The molecule has 0 unspecified atom stereocenters. The summed E-state index contributed by atoms with van der Waals surface area (Å²) in [5.74, 6) is 0. The maximum atomic E-state index is 2.40. The van der Waals surface area contributed by atoms with Crippen LogP contribution in [0.3, 0.4) is 0 Å². The van der Waals surface area contributed by atoms with Crippen molar-refractivity contribution in [3.63, 3.8) is 0 Å². The van der Waals surface area contributed by atoms with Crippen molar-refractivity contribution in [2.45, 2.75) is 77.7 Å². The Morgan fingerprint density at radius 2 is 1.46 bits per heavy atom. The van der Waals surface area contributed by atoms with Crippen molar-refractivity contribution >= 4 is 0 Å². The Balaban J connectivity index is 1.42. The zero-order valence-electron chi connectivity index (χ0n) is 15.3. The van der Waals surface area contributed by atoms with Crippen LogP contribution in [0.2, 0.25) is 0 Å². The average Bonchev–Trinajstić information content (AvgIpc) is 2.64. The van der Waals surface area contributed by atoms with Gasteiger partial charge in [0, 0.05) is 18.1 Å². The SMILES string of the molecule is CCCCc1ccc(CCCC[n+]2ccc3c(c2)CCCC3)cc1. The molecule has 0 aliphatic heterocycles. The normalized spacial score (nSPS) is 13.7. The first-order valence-electron chi connectivity index (χ1n) is 9.94. The molecule has 0 amide bonds. The van der Waals surface area contributed by atoms with Gasteiger partial charge in [0.25, 0.3) is 0 Å². The van der Waals surface area contributed by atoms with Crippen LogP contribution in [-0.2, 0) is 32.2 Å². The van der Waals surface area contributed by atoms with Gasteiger partial charge in [0.1, 0.15) is 6.54 Å². The minimum absolute atomic E-state index is 1.15. The predicted octanol–water partition coefficient (Wildman–Crippen LogP) is 5.22. The summed E-state index contributed by atoms with van der Waals surface area (Å²) in [5, 5.41) is 0. The van der Waals surface area contributed by atoms with Gasteiger partial charge in [-0.2, -0.15) is 0 Å². The molecule has 0 bridgehead atoms. The highest BCUT2D eigenvalue weighted by Crippen LogP contribution is 2.18. The van der Waals surface area contributed by atoms with E-state index in [1.54, 1.807) is 11.1 Å². The zero-order valence-corrected chi connectivity index (χ0v) is 15.3. The molecule has 24 heavy (non-hydrogen) atoms. The monoisotopic (exact) mass is 322 g/mol. The van der Waals surface area contributed by atoms with Crippen molar-refractivity contribution in [3.8, 4) is 0 Å². The summed E-state index contributed by atoms with van der Waals surface area (Å²) < 4.78 is 2.40. The summed E-state index contributed by atoms with van der Waals surface area (Å²) in [7, 11) is 0. The molecule has 1 heterocycles. The number of hydrogen-bond donors (Lipinski definition) is 0. The van der Waals surface area contributed by atoms with Gasteiger partial charge >= 0.3 is 0 Å². The molecule has 2 aromatic rings. The fourth-order valence-electron chi connectivity index (χ4n) is 3.73. The quantitative estimate of drug-likeness (QED) is 0.463. The topological polar surface area (TPSA) is 3.88 Å². The predicted molar refractivity (Wildman–Crippen MR) is 101 cm³/mol. The maximum absolute atomic E-state index is 2.40. The van der Waals surface area contributed by atoms with Gasteiger partial charge in [0.05, 0.1) is 0 Å². The first-order chi connectivity index (χ1) is 11.8. The molecular weight excluding hydrogens is 290 g/mol. The third-order valence-electron chi connectivity index (χ3n) is 5.32. The molecule has 1 aliphatic rings. The lowest BCUT2D eigenvalue weighted by molar-refractivity contribution is -0.697. The van der Waals surface area contributed by atoms with E-state index in [4.69, 9.17) is 0 Å². The van der Waals surface area contributed by atoms with Gasteiger partial charge < -0.3 is 0 Å². The summed E-state index contributed by atoms with van der Waals surface area (Å²) in [6.45, 7) is 3.41. The first-order valence-corrected chi connectivity index (χ1v) is 9.94. The molecule has 1 aliphatic carbocycles. The minimum atomic E-state index is 1.15. The molecule has 128 valence electrons. The summed E-state index contributed by atoms with van der Waals surface area (Å²) in [5.41, 5.74) is 6.16. The molecule has 0 spiro atoms. The van der Waals surface area contributed by atoms with E-state index in [-0.39, 0.29) is 0 Å². The van der Waals surface area contributed by atoms with Crippen LogP contribution in [0, 0.1) is 0 Å². The Kier molecular flexibility index (Phi) is 6.46. The van der Waals surface area contributed by atoms with E-state index in [0.717, 1.165) is 6.54 Å². The van der Waals surface area contributed by atoms with E-state index in [9.17, 15) is 0 Å². The minimum Gasteiger partial charge on any atom is -0.205 e. The fourth-order valence-corrected chi connectivity index (χ4v) is 3.73. The van der Waals surface area contributed by atoms with Crippen LogP contribution in [0.5, 0.6) is 0 Å². The van der Waals surface area contributed by atoms with Crippen LogP contribution in [0.25, 0.3) is 0 Å². The van der Waals surface area contributed by atoms with Gasteiger partial charge in [-0.1, -0.05) is 37.6 Å². The molecule has 1 aromatic heterocycles. The van der Waals surface area contributed by atoms with Crippen molar-refractivity contribution in [2.24, 2.45) is 0 Å². The Labute approximate surface area is 147 Å². The van der Waals surface area contributed by atoms with E-state index < -0.39 is 0 Å². The number of rotatable bonds is 8. The standard InChI is InChI=1S/C23H32N/c1-2-3-8-20-12-14-21(15-13-20)9-6-7-17-24-18-16-22-10-4-5-11-23(22)19-24/h12-16,18-19H,2-11,17H2,1H3/q+1. The summed E-state index contributed by atoms with van der Waals surface area (Å²) >= 11 is 0. The molecule has 1 heteroatoms. The van der Waals surface area contributed by atoms with Crippen LogP contribution in [-0.4, -0.2) is 0 Å². The number of fused-ring (bicyclic) bond motifs is 1. The highest BCUT2D eigenvalue weighted by molar-refractivity contribution is 5.24. The van der Waals surface area contributed by atoms with E-state index >= 15 is 0 Å². The number of pyridine rings is 1. The Hall–Kier alpha value is -1.63. The van der Waals surface area contributed by atoms with Crippen molar-refractivity contribution < 1.29 is 4.57 Å². The van der Waals surface area contributed by atoms with E-state index in [1.165, 1.54) is 75.3 Å². The smallest absolute Gasteiger partial charge is 0.172 e. The third kappa shape index (κ3) is 4.93. The van der Waals surface area contributed by atoms with E-state index in [1.807, 2.05) is 0 Å². The fraction of sp³-hybridized carbons (Fsp3) is 0.522. The molecule has 0 radical (unpaired) electrons. The molecule has 0 fully saturated rings. The second-order valence-electron chi connectivity index (χ2n) is 7.32. The molecule has 0 N–H and O–H groups in total. The third-order valence-corrected chi connectivity index (χ3v) is 5.32. The largest absolute Gasteiger partial charge is 0.205 e. The van der Waals surface area contributed by atoms with Gasteiger partial charge in [-0.3, -0.25) is 0 Å². The molecular formula is C23H32N+. The summed E-state index contributed by atoms with van der Waals surface area (Å²) in [6.07, 6.45) is 17.5. The van der Waals surface area contributed by atoms with Gasteiger partial charge in [-0.15, -0.1) is 0 Å². The van der Waals surface area contributed by atoms with Gasteiger partial charge in [-0.05, 0) is 68.1 Å². The Bertz CT molecular complexity index is 627. The summed E-state index contributed by atoms with van der Waals surface area (Å²) in [4.78, 5) is 0. The van der Waals surface area contributed by atoms with Crippen molar-refractivity contribution in [2.75, 3.05) is 0 Å². The number of aromatic nitrogens is 1. The molecule has 0 atom stereocenters. The lowest BCUT2D eigenvalue weighted by Gasteiger charge is -2.13. The molecule has 0 saturated carbocycles. The molecule has 1 nitrogen and oxygen atoms in total. The second kappa shape index (κ2) is 9.01. The number of hydrogen-bond acceptors (Lipinski definition) is 0. The van der Waals surface area contributed by atoms with Crippen LogP contribution in [0.1, 0.15) is 67.7 Å². The highest BCUT2D eigenvalue weighted by Gasteiger charge is 2.13. The van der Waals surface area contributed by atoms with Crippen LogP contribution in [0.4, 0.5) is 0 Å². The zero-order chi connectivity index (χ0) is 16.6. The van der Waals surface area contributed by atoms with Crippen LogP contribution < -0.4 is 4.57 Å². The van der Waals surface area contributed by atoms with Crippen molar-refractivity contribution in [1.82, 2.24) is 0 Å². The lowest BCUT2D eigenvalue weighted by Crippen LogP contribution is -2.34. The van der Waals surface area contributed by atoms with Crippen LogP contribution in [0.15, 0.2) is 42.7 Å². The number of benzene rings is 1. The highest BCUT2D eigenvalue weighted by atomic mass is 14.9. The van der Waals surface area contributed by atoms with Crippen LogP contribution >= 0.6 is 0 Å². The van der Waals surface area contributed by atoms with Crippen molar-refractivity contribution in [3.05, 3.63) is 65.0 Å². The maximum Gasteiger partial charge on any atom is 0.172 e. The molecule has 3 rings (SSSR count). The average molecular weight is 323 g/mol. The van der Waals surface area contributed by atoms with Gasteiger partial charge in [-0.25, -0.2) is 4.57 Å². The van der Waals surface area contributed by atoms with E-state index in [0.29, 0.717) is 0 Å². The molecule has 0 saturated heterocycles. The summed E-state index contributed by atoms with van der Waals surface area (Å²) in [6, 6.07) is 11.7. The number of aryl methyl sites for hydroxylation is 5. The second-order valence-corrected chi connectivity index (χ2v) is 7.32. The van der Waals surface area contributed by atoms with Gasteiger partial charge in [0.2, 0.25) is 0 Å². The number of unbranched alkanes of at least 4 members (excludes halogenated alkanes) is 2. The van der Waals surface area contributed by atoms with Gasteiger partial charge in [0.15, 0.2) is 12.4 Å². The number of nitrogens with zero attached hydrogens (tertiary/aromatic N) is 1. The van der Waals surface area contributed by atoms with Crippen molar-refractivity contribution in [1.29, 1.82) is 0 Å². The Morgan fingerprint density at radius 1 is 0.792 bits per heavy atom. The molecule has 1 aromatic carbocycles. The lowest BCUT2D eigenvalue weighted by atomic mass is 9.93. The first kappa shape index (κ1) is 17.2.